The largest absolute Gasteiger partial charge is 0.481 e. The van der Waals surface area contributed by atoms with Crippen molar-refractivity contribution < 1.29 is 14.7 Å². The maximum Gasteiger partial charge on any atom is 0.310 e. The lowest BCUT2D eigenvalue weighted by Gasteiger charge is -2.22. The molecule has 126 valence electrons. The van der Waals surface area contributed by atoms with Crippen molar-refractivity contribution in [3.63, 3.8) is 0 Å². The quantitative estimate of drug-likeness (QED) is 0.795. The number of fused-ring (bicyclic) bond motifs is 1. The van der Waals surface area contributed by atoms with Gasteiger partial charge in [0.2, 0.25) is 5.91 Å². The summed E-state index contributed by atoms with van der Waals surface area (Å²) in [6.07, 6.45) is 10.6. The maximum atomic E-state index is 12.6. The Hall–Kier alpha value is -2.69. The van der Waals surface area contributed by atoms with Crippen LogP contribution in [-0.4, -0.2) is 43.6 Å². The van der Waals surface area contributed by atoms with Crippen LogP contribution in [-0.2, 0) is 22.7 Å². The van der Waals surface area contributed by atoms with Gasteiger partial charge in [-0.3, -0.25) is 9.59 Å². The summed E-state index contributed by atoms with van der Waals surface area (Å²) >= 11 is 0. The van der Waals surface area contributed by atoms with E-state index in [9.17, 15) is 14.7 Å². The van der Waals surface area contributed by atoms with E-state index in [1.807, 2.05) is 0 Å². The second kappa shape index (κ2) is 6.43. The van der Waals surface area contributed by atoms with Crippen molar-refractivity contribution in [2.45, 2.75) is 44.4 Å². The number of terminal acetylenes is 1. The molecule has 0 spiro atoms. The summed E-state index contributed by atoms with van der Waals surface area (Å²) in [4.78, 5) is 29.8. The molecule has 1 unspecified atom stereocenters. The molecule has 0 bridgehead atoms. The highest BCUT2D eigenvalue weighted by Gasteiger charge is 2.40. The highest BCUT2D eigenvalue weighted by molar-refractivity contribution is 5.78. The van der Waals surface area contributed by atoms with Crippen LogP contribution in [0, 0.1) is 18.3 Å². The molecular weight excluding hydrogens is 310 g/mol. The van der Waals surface area contributed by atoms with Crippen molar-refractivity contribution in [2.75, 3.05) is 6.54 Å². The summed E-state index contributed by atoms with van der Waals surface area (Å²) in [6, 6.07) is 0. The number of aliphatic carboxylic acids is 1. The van der Waals surface area contributed by atoms with E-state index in [4.69, 9.17) is 6.42 Å². The number of hydrogen-bond acceptors (Lipinski definition) is 5. The van der Waals surface area contributed by atoms with Crippen molar-refractivity contribution in [3.05, 3.63) is 18.2 Å². The Labute approximate surface area is 139 Å². The number of imidazole rings is 1. The Morgan fingerprint density at radius 1 is 1.38 bits per heavy atom. The molecule has 0 radical (unpaired) electrons. The first-order valence-corrected chi connectivity index (χ1v) is 7.91. The molecule has 1 atom stereocenters. The summed E-state index contributed by atoms with van der Waals surface area (Å²) < 4.78 is 1.80. The van der Waals surface area contributed by atoms with Crippen LogP contribution >= 0.6 is 0 Å². The summed E-state index contributed by atoms with van der Waals surface area (Å²) in [5.41, 5.74) is -0.501. The highest BCUT2D eigenvalue weighted by Crippen LogP contribution is 2.37. The van der Waals surface area contributed by atoms with Gasteiger partial charge in [-0.05, 0) is 0 Å². The first-order chi connectivity index (χ1) is 11.5. The predicted molar refractivity (Wildman–Crippen MR) is 83.7 cm³/mol. The summed E-state index contributed by atoms with van der Waals surface area (Å²) in [6.45, 7) is 0.829. The van der Waals surface area contributed by atoms with Gasteiger partial charge in [-0.1, -0.05) is 0 Å². The van der Waals surface area contributed by atoms with E-state index in [2.05, 4.69) is 21.1 Å². The number of hydrogen-bond donors (Lipinski definition) is 1. The van der Waals surface area contributed by atoms with Crippen LogP contribution in [0.3, 0.4) is 0 Å². The smallest absolute Gasteiger partial charge is 0.310 e. The monoisotopic (exact) mass is 329 g/mol. The number of amides is 1. The van der Waals surface area contributed by atoms with Gasteiger partial charge in [0.05, 0.1) is 12.5 Å². The fourth-order valence-electron chi connectivity index (χ4n) is 2.93. The third kappa shape index (κ3) is 3.45. The molecule has 1 N–H and O–H groups in total. The Morgan fingerprint density at radius 2 is 2.17 bits per heavy atom. The number of carbonyl (C=O) groups is 2. The number of rotatable bonds is 6. The van der Waals surface area contributed by atoms with Crippen LogP contribution in [0.2, 0.25) is 0 Å². The third-order valence-corrected chi connectivity index (χ3v) is 4.49. The van der Waals surface area contributed by atoms with Crippen molar-refractivity contribution in [2.24, 2.45) is 16.1 Å². The second-order valence-electron chi connectivity index (χ2n) is 6.19. The fourth-order valence-corrected chi connectivity index (χ4v) is 2.93. The number of carbonyl (C=O) groups excluding carboxylic acids is 1. The van der Waals surface area contributed by atoms with Gasteiger partial charge in [0.25, 0.3) is 0 Å². The van der Waals surface area contributed by atoms with E-state index in [0.29, 0.717) is 38.2 Å². The minimum Gasteiger partial charge on any atom is -0.481 e. The van der Waals surface area contributed by atoms with E-state index >= 15 is 0 Å². The third-order valence-electron chi connectivity index (χ3n) is 4.49. The molecule has 2 aliphatic heterocycles. The molecule has 0 saturated heterocycles. The molecule has 24 heavy (non-hydrogen) atoms. The molecule has 8 heteroatoms. The molecule has 0 aliphatic carbocycles. The van der Waals surface area contributed by atoms with Gasteiger partial charge in [-0.15, -0.1) is 12.3 Å². The van der Waals surface area contributed by atoms with Crippen LogP contribution in [0.25, 0.3) is 0 Å². The lowest BCUT2D eigenvalue weighted by Crippen LogP contribution is -2.37. The van der Waals surface area contributed by atoms with Gasteiger partial charge in [-0.2, -0.15) is 10.2 Å². The van der Waals surface area contributed by atoms with Gasteiger partial charge in [0.1, 0.15) is 5.82 Å². The minimum absolute atomic E-state index is 0.102. The van der Waals surface area contributed by atoms with E-state index in [1.165, 1.54) is 0 Å². The van der Waals surface area contributed by atoms with Gasteiger partial charge in [0.15, 0.2) is 5.66 Å². The van der Waals surface area contributed by atoms with Crippen molar-refractivity contribution in [1.82, 2.24) is 14.5 Å². The Balaban J connectivity index is 1.63. The van der Waals surface area contributed by atoms with Crippen molar-refractivity contribution in [1.29, 1.82) is 0 Å². The highest BCUT2D eigenvalue weighted by atomic mass is 16.4. The normalized spacial score (nSPS) is 20.8. The van der Waals surface area contributed by atoms with E-state index in [-0.39, 0.29) is 18.9 Å². The molecule has 0 saturated carbocycles. The summed E-state index contributed by atoms with van der Waals surface area (Å²) in [7, 11) is 0. The molecule has 3 rings (SSSR count). The molecule has 3 heterocycles. The molecule has 0 fully saturated rings. The molecular formula is C16H19N5O3. The summed E-state index contributed by atoms with van der Waals surface area (Å²) in [5, 5.41) is 17.4. The average Bonchev–Trinajstić information content (AvgIpc) is 3.26. The average molecular weight is 329 g/mol. The maximum absolute atomic E-state index is 12.6. The van der Waals surface area contributed by atoms with E-state index in [0.717, 1.165) is 0 Å². The molecule has 1 aromatic heterocycles. The predicted octanol–water partition coefficient (Wildman–Crippen LogP) is 1.28. The lowest BCUT2D eigenvalue weighted by atomic mass is 10.0. The molecule has 2 aliphatic rings. The SMILES string of the molecule is C#CCCC1(CCC(=O)N2Cc3nccn3CC(C(=O)O)C2)N=N1. The number of carboxylic acids is 1. The van der Waals surface area contributed by atoms with Gasteiger partial charge < -0.3 is 14.6 Å². The number of carboxylic acid groups (broad SMARTS) is 1. The number of aromatic nitrogens is 2. The first-order valence-electron chi connectivity index (χ1n) is 7.91. The Morgan fingerprint density at radius 3 is 2.83 bits per heavy atom. The Kier molecular flexibility index (Phi) is 4.34. The Bertz CT molecular complexity index is 712. The molecule has 0 aromatic carbocycles. The minimum atomic E-state index is -0.910. The van der Waals surface area contributed by atoms with Crippen LogP contribution in [0.1, 0.15) is 31.5 Å². The van der Waals surface area contributed by atoms with E-state index < -0.39 is 17.6 Å². The van der Waals surface area contributed by atoms with Crippen LogP contribution < -0.4 is 0 Å². The number of nitrogens with zero attached hydrogens (tertiary/aromatic N) is 5. The first kappa shape index (κ1) is 16.2. The zero-order chi connectivity index (χ0) is 17.2. The standard InChI is InChI=1S/C16H19N5O3/c1-2-3-5-16(18-19-16)6-4-14(22)21-10-12(15(23)24)9-20-8-7-17-13(20)11-21/h1,7-8,12H,3-6,9-11H2,(H,23,24). The lowest BCUT2D eigenvalue weighted by molar-refractivity contribution is -0.144. The summed E-state index contributed by atoms with van der Waals surface area (Å²) in [5.74, 6) is 1.61. The van der Waals surface area contributed by atoms with Crippen molar-refractivity contribution >= 4 is 11.9 Å². The zero-order valence-electron chi connectivity index (χ0n) is 13.3. The van der Waals surface area contributed by atoms with Crippen LogP contribution in [0.15, 0.2) is 22.6 Å². The van der Waals surface area contributed by atoms with Crippen molar-refractivity contribution in [3.8, 4) is 12.3 Å². The van der Waals surface area contributed by atoms with Gasteiger partial charge >= 0.3 is 5.97 Å². The molecule has 1 aromatic rings. The van der Waals surface area contributed by atoms with E-state index in [1.54, 1.807) is 21.9 Å². The fraction of sp³-hybridized carbons (Fsp3) is 0.562. The molecule has 1 amide bonds. The van der Waals surface area contributed by atoms with Gasteiger partial charge in [0, 0.05) is 51.2 Å². The molecule has 8 nitrogen and oxygen atoms in total. The van der Waals surface area contributed by atoms with Crippen LogP contribution in [0.4, 0.5) is 0 Å². The zero-order valence-corrected chi connectivity index (χ0v) is 13.3. The second-order valence-corrected chi connectivity index (χ2v) is 6.19. The topological polar surface area (TPSA) is 100 Å². The van der Waals surface area contributed by atoms with Crippen LogP contribution in [0.5, 0.6) is 0 Å². The van der Waals surface area contributed by atoms with Gasteiger partial charge in [-0.25, -0.2) is 4.98 Å².